The van der Waals surface area contributed by atoms with Crippen molar-refractivity contribution in [3.05, 3.63) is 69.2 Å². The number of hydrogen-bond acceptors (Lipinski definition) is 1. The molecule has 0 saturated heterocycles. The Morgan fingerprint density at radius 3 is 2.43 bits per heavy atom. The summed E-state index contributed by atoms with van der Waals surface area (Å²) in [7, 11) is 0. The van der Waals surface area contributed by atoms with Crippen molar-refractivity contribution in [1.82, 2.24) is 5.32 Å². The molecule has 3 rings (SSSR count). The Hall–Kier alpha value is -1.51. The zero-order valence-corrected chi connectivity index (χ0v) is 13.1. The molecule has 0 aliphatic carbocycles. The molecule has 2 nitrogen and oxygen atoms in total. The maximum atomic E-state index is 12.4. The normalized spacial score (nSPS) is 20.8. The fourth-order valence-corrected chi connectivity index (χ4v) is 3.22. The van der Waals surface area contributed by atoms with Crippen molar-refractivity contribution in [3.63, 3.8) is 0 Å². The third-order valence-electron chi connectivity index (χ3n) is 3.97. The second-order valence-electron chi connectivity index (χ2n) is 5.20. The average molecular weight is 320 g/mol. The minimum atomic E-state index is -0.175. The lowest BCUT2D eigenvalue weighted by atomic mass is 9.82. The zero-order chi connectivity index (χ0) is 15.0. The molecule has 1 aliphatic rings. The summed E-state index contributed by atoms with van der Waals surface area (Å²) in [6, 6.07) is 13.4. The number of amides is 1. The second-order valence-corrected chi connectivity index (χ2v) is 6.02. The van der Waals surface area contributed by atoms with Crippen molar-refractivity contribution in [2.45, 2.75) is 25.3 Å². The van der Waals surface area contributed by atoms with Gasteiger partial charge in [0.25, 0.3) is 0 Å². The third-order valence-corrected chi connectivity index (χ3v) is 4.71. The first-order valence-corrected chi connectivity index (χ1v) is 7.71. The van der Waals surface area contributed by atoms with Crippen LogP contribution in [0.3, 0.4) is 0 Å². The molecule has 2 unspecified atom stereocenters. The van der Waals surface area contributed by atoms with Crippen LogP contribution in [0.15, 0.2) is 42.5 Å². The zero-order valence-electron chi connectivity index (χ0n) is 11.6. The molecule has 0 radical (unpaired) electrons. The number of carbonyl (C=O) groups excluding carboxylic acids is 1. The van der Waals surface area contributed by atoms with Gasteiger partial charge in [-0.3, -0.25) is 4.79 Å². The Labute approximate surface area is 134 Å². The van der Waals surface area contributed by atoms with Crippen molar-refractivity contribution in [3.8, 4) is 0 Å². The van der Waals surface area contributed by atoms with Crippen LogP contribution < -0.4 is 5.32 Å². The van der Waals surface area contributed by atoms with E-state index in [1.165, 1.54) is 0 Å². The lowest BCUT2D eigenvalue weighted by molar-refractivity contribution is -0.123. The van der Waals surface area contributed by atoms with Crippen molar-refractivity contribution in [2.24, 2.45) is 0 Å². The van der Waals surface area contributed by atoms with Crippen LogP contribution >= 0.6 is 23.2 Å². The van der Waals surface area contributed by atoms with E-state index in [9.17, 15) is 4.79 Å². The molecule has 4 heteroatoms. The van der Waals surface area contributed by atoms with Crippen LogP contribution in [-0.2, 0) is 4.79 Å². The fraction of sp³-hybridized carbons (Fsp3) is 0.235. The van der Waals surface area contributed by atoms with Crippen molar-refractivity contribution >= 4 is 29.1 Å². The summed E-state index contributed by atoms with van der Waals surface area (Å²) in [4.78, 5) is 12.4. The number of fused-ring (bicyclic) bond motifs is 1. The molecule has 0 aromatic heterocycles. The number of halogens is 2. The van der Waals surface area contributed by atoms with Crippen molar-refractivity contribution < 1.29 is 4.79 Å². The van der Waals surface area contributed by atoms with Gasteiger partial charge < -0.3 is 5.32 Å². The van der Waals surface area contributed by atoms with Gasteiger partial charge in [-0.25, -0.2) is 0 Å². The second kappa shape index (κ2) is 5.70. The van der Waals surface area contributed by atoms with Crippen LogP contribution in [0.2, 0.25) is 10.0 Å². The third kappa shape index (κ3) is 2.54. The highest BCUT2D eigenvalue weighted by atomic mass is 35.5. The lowest BCUT2D eigenvalue weighted by Gasteiger charge is -2.32. The Balaban J connectivity index is 2.11. The van der Waals surface area contributed by atoms with E-state index in [-0.39, 0.29) is 17.9 Å². The van der Waals surface area contributed by atoms with Gasteiger partial charge in [-0.1, -0.05) is 60.5 Å². The van der Waals surface area contributed by atoms with Crippen molar-refractivity contribution in [2.75, 3.05) is 0 Å². The van der Waals surface area contributed by atoms with Gasteiger partial charge in [-0.05, 0) is 35.2 Å². The maximum absolute atomic E-state index is 12.4. The maximum Gasteiger partial charge on any atom is 0.228 e. The summed E-state index contributed by atoms with van der Waals surface area (Å²) in [6.45, 7) is 2.03. The van der Waals surface area contributed by atoms with Gasteiger partial charge in [0, 0.05) is 0 Å². The molecule has 1 heterocycles. The van der Waals surface area contributed by atoms with Crippen LogP contribution in [0.4, 0.5) is 0 Å². The quantitative estimate of drug-likeness (QED) is 0.853. The van der Waals surface area contributed by atoms with Gasteiger partial charge in [0.15, 0.2) is 0 Å². The van der Waals surface area contributed by atoms with E-state index >= 15 is 0 Å². The summed E-state index contributed by atoms with van der Waals surface area (Å²) >= 11 is 12.1. The van der Waals surface area contributed by atoms with E-state index in [1.54, 1.807) is 6.07 Å². The predicted molar refractivity (Wildman–Crippen MR) is 85.9 cm³/mol. The molecule has 0 fully saturated rings. The van der Waals surface area contributed by atoms with E-state index in [0.29, 0.717) is 10.0 Å². The first-order valence-electron chi connectivity index (χ1n) is 6.96. The van der Waals surface area contributed by atoms with E-state index in [1.807, 2.05) is 37.3 Å². The molecule has 0 spiro atoms. The van der Waals surface area contributed by atoms with E-state index in [4.69, 9.17) is 23.2 Å². The van der Waals surface area contributed by atoms with E-state index in [2.05, 4.69) is 11.4 Å². The van der Waals surface area contributed by atoms with Gasteiger partial charge in [0.05, 0.1) is 22.0 Å². The molecule has 2 atom stereocenters. The molecule has 2 aromatic rings. The first kappa shape index (κ1) is 14.4. The molecule has 0 saturated carbocycles. The van der Waals surface area contributed by atoms with Crippen LogP contribution in [-0.4, -0.2) is 5.91 Å². The highest BCUT2D eigenvalue weighted by molar-refractivity contribution is 6.42. The molecule has 2 aromatic carbocycles. The predicted octanol–water partition coefficient (Wildman–Crippen LogP) is 4.71. The van der Waals surface area contributed by atoms with Gasteiger partial charge >= 0.3 is 0 Å². The summed E-state index contributed by atoms with van der Waals surface area (Å²) in [5, 5.41) is 4.11. The van der Waals surface area contributed by atoms with Crippen LogP contribution in [0.1, 0.15) is 42.0 Å². The van der Waals surface area contributed by atoms with Gasteiger partial charge in [0.1, 0.15) is 0 Å². The molecule has 108 valence electrons. The van der Waals surface area contributed by atoms with E-state index in [0.717, 1.165) is 23.1 Å². The molecule has 1 N–H and O–H groups in total. The smallest absolute Gasteiger partial charge is 0.228 e. The average Bonchev–Trinajstić information content (AvgIpc) is 2.49. The number of benzene rings is 2. The first-order chi connectivity index (χ1) is 10.1. The van der Waals surface area contributed by atoms with Crippen molar-refractivity contribution in [1.29, 1.82) is 0 Å². The summed E-state index contributed by atoms with van der Waals surface area (Å²) in [6.07, 6.45) is 0.789. The van der Waals surface area contributed by atoms with Crippen LogP contribution in [0.5, 0.6) is 0 Å². The van der Waals surface area contributed by atoms with Crippen LogP contribution in [0, 0.1) is 0 Å². The number of carbonyl (C=O) groups is 1. The standard InChI is InChI=1S/C17H15Cl2NO/c1-2-11-12-5-3-4-6-13(12)16(20-17(11)21)10-7-8-14(18)15(19)9-10/h3-9,11,16H,2H2,1H3,(H,20,21). The monoisotopic (exact) mass is 319 g/mol. The Kier molecular flexibility index (Phi) is 3.92. The summed E-state index contributed by atoms with van der Waals surface area (Å²) in [5.74, 6) is -0.0208. The lowest BCUT2D eigenvalue weighted by Crippen LogP contribution is -2.38. The Bertz CT molecular complexity index is 699. The molecular weight excluding hydrogens is 305 g/mol. The topological polar surface area (TPSA) is 29.1 Å². The minimum absolute atomic E-state index is 0.0623. The summed E-state index contributed by atoms with van der Waals surface area (Å²) in [5.41, 5.74) is 3.17. The highest BCUT2D eigenvalue weighted by Crippen LogP contribution is 2.37. The van der Waals surface area contributed by atoms with Gasteiger partial charge in [-0.2, -0.15) is 0 Å². The van der Waals surface area contributed by atoms with Crippen LogP contribution in [0.25, 0.3) is 0 Å². The molecule has 1 aliphatic heterocycles. The molecule has 21 heavy (non-hydrogen) atoms. The summed E-state index contributed by atoms with van der Waals surface area (Å²) < 4.78 is 0. The number of hydrogen-bond donors (Lipinski definition) is 1. The number of rotatable bonds is 2. The SMILES string of the molecule is CCC1C(=O)NC(c2ccc(Cl)c(Cl)c2)c2ccccc21. The number of nitrogens with one attached hydrogen (secondary N) is 1. The van der Waals surface area contributed by atoms with Gasteiger partial charge in [0.2, 0.25) is 5.91 Å². The Morgan fingerprint density at radius 1 is 1.05 bits per heavy atom. The Morgan fingerprint density at radius 2 is 1.76 bits per heavy atom. The molecule has 1 amide bonds. The van der Waals surface area contributed by atoms with Gasteiger partial charge in [-0.15, -0.1) is 0 Å². The van der Waals surface area contributed by atoms with E-state index < -0.39 is 0 Å². The minimum Gasteiger partial charge on any atom is -0.345 e. The molecular formula is C17H15Cl2NO. The molecule has 0 bridgehead atoms. The largest absolute Gasteiger partial charge is 0.345 e. The fourth-order valence-electron chi connectivity index (χ4n) is 2.91. The highest BCUT2D eigenvalue weighted by Gasteiger charge is 2.32.